The molecule has 19 heavy (non-hydrogen) atoms. The van der Waals surface area contributed by atoms with E-state index in [1.165, 1.54) is 6.07 Å². The molecule has 1 aromatic carbocycles. The van der Waals surface area contributed by atoms with Crippen LogP contribution in [0, 0.1) is 0 Å². The highest BCUT2D eigenvalue weighted by Crippen LogP contribution is 2.21. The molecule has 2 N–H and O–H groups in total. The van der Waals surface area contributed by atoms with Crippen molar-refractivity contribution in [3.05, 3.63) is 29.6 Å². The van der Waals surface area contributed by atoms with Gasteiger partial charge in [0.05, 0.1) is 16.6 Å². The number of likely N-dealkylation sites (N-methyl/N-ethyl adjacent to an activating group) is 1. The second-order valence-electron chi connectivity index (χ2n) is 4.12. The van der Waals surface area contributed by atoms with Crippen LogP contribution in [0.1, 0.15) is 23.1 Å². The number of imidazole rings is 1. The fourth-order valence-electron chi connectivity index (χ4n) is 2.07. The van der Waals surface area contributed by atoms with Crippen molar-refractivity contribution in [3.8, 4) is 0 Å². The molecule has 0 fully saturated rings. The van der Waals surface area contributed by atoms with Gasteiger partial charge in [0.2, 0.25) is 5.91 Å². The summed E-state index contributed by atoms with van der Waals surface area (Å²) >= 11 is 0. The van der Waals surface area contributed by atoms with Gasteiger partial charge in [-0.1, -0.05) is 13.0 Å². The van der Waals surface area contributed by atoms with Crippen molar-refractivity contribution < 1.29 is 14.7 Å². The van der Waals surface area contributed by atoms with E-state index in [0.717, 1.165) is 0 Å². The Balaban J connectivity index is 2.70. The van der Waals surface area contributed by atoms with Crippen LogP contribution in [0.25, 0.3) is 11.0 Å². The van der Waals surface area contributed by atoms with E-state index in [1.54, 1.807) is 23.7 Å². The van der Waals surface area contributed by atoms with Crippen molar-refractivity contribution in [2.24, 2.45) is 0 Å². The van der Waals surface area contributed by atoms with Crippen LogP contribution in [0.3, 0.4) is 0 Å². The molecule has 1 amide bonds. The van der Waals surface area contributed by atoms with Gasteiger partial charge in [0, 0.05) is 13.5 Å². The topological polar surface area (TPSA) is 84.2 Å². The van der Waals surface area contributed by atoms with Crippen LogP contribution in [0.5, 0.6) is 0 Å². The highest BCUT2D eigenvalue weighted by molar-refractivity contribution is 6.01. The minimum Gasteiger partial charge on any atom is -0.478 e. The minimum absolute atomic E-state index is 0.0699. The first-order chi connectivity index (χ1) is 9.08. The van der Waals surface area contributed by atoms with Gasteiger partial charge in [0.1, 0.15) is 12.4 Å². The maximum atomic E-state index is 11.6. The maximum absolute atomic E-state index is 11.6. The Labute approximate surface area is 110 Å². The first-order valence-electron chi connectivity index (χ1n) is 6.00. The Kier molecular flexibility index (Phi) is 3.50. The van der Waals surface area contributed by atoms with Crippen LogP contribution < -0.4 is 5.32 Å². The van der Waals surface area contributed by atoms with Crippen molar-refractivity contribution in [3.63, 3.8) is 0 Å². The van der Waals surface area contributed by atoms with E-state index in [4.69, 9.17) is 0 Å². The summed E-state index contributed by atoms with van der Waals surface area (Å²) in [5, 5.41) is 11.8. The number of carboxylic acids is 1. The zero-order chi connectivity index (χ0) is 14.0. The van der Waals surface area contributed by atoms with Gasteiger partial charge in [-0.05, 0) is 12.1 Å². The Morgan fingerprint density at radius 2 is 2.16 bits per heavy atom. The number of hydrogen-bond donors (Lipinski definition) is 2. The number of aromatic carboxylic acids is 1. The Morgan fingerprint density at radius 3 is 2.74 bits per heavy atom. The predicted molar refractivity (Wildman–Crippen MR) is 70.1 cm³/mol. The van der Waals surface area contributed by atoms with Crippen molar-refractivity contribution >= 4 is 22.9 Å². The fourth-order valence-corrected chi connectivity index (χ4v) is 2.07. The zero-order valence-electron chi connectivity index (χ0n) is 10.8. The molecule has 0 saturated carbocycles. The lowest BCUT2D eigenvalue weighted by Gasteiger charge is -2.08. The molecule has 6 nitrogen and oxygen atoms in total. The summed E-state index contributed by atoms with van der Waals surface area (Å²) in [6, 6.07) is 4.93. The number of carbonyl (C=O) groups is 2. The number of carboxylic acid groups (broad SMARTS) is 1. The molecule has 1 aromatic heterocycles. The average Bonchev–Trinajstić information content (AvgIpc) is 2.76. The number of nitrogens with one attached hydrogen (secondary N) is 1. The fraction of sp³-hybridized carbons (Fsp3) is 0.308. The molecule has 6 heteroatoms. The molecule has 0 radical (unpaired) electrons. The second-order valence-corrected chi connectivity index (χ2v) is 4.12. The van der Waals surface area contributed by atoms with Gasteiger partial charge in [-0.3, -0.25) is 4.79 Å². The van der Waals surface area contributed by atoms with E-state index in [9.17, 15) is 14.7 Å². The number of para-hydroxylation sites is 1. The van der Waals surface area contributed by atoms with Gasteiger partial charge in [-0.2, -0.15) is 0 Å². The number of benzene rings is 1. The van der Waals surface area contributed by atoms with E-state index >= 15 is 0 Å². The van der Waals surface area contributed by atoms with Gasteiger partial charge in [-0.25, -0.2) is 9.78 Å². The van der Waals surface area contributed by atoms with Gasteiger partial charge in [0.15, 0.2) is 0 Å². The van der Waals surface area contributed by atoms with E-state index in [0.29, 0.717) is 23.3 Å². The third kappa shape index (κ3) is 2.29. The van der Waals surface area contributed by atoms with Crippen LogP contribution in [-0.4, -0.2) is 33.6 Å². The Morgan fingerprint density at radius 1 is 1.42 bits per heavy atom. The third-order valence-corrected chi connectivity index (χ3v) is 2.97. The molecule has 1 heterocycles. The first kappa shape index (κ1) is 13.1. The molecule has 0 aliphatic rings. The van der Waals surface area contributed by atoms with Crippen LogP contribution in [0.2, 0.25) is 0 Å². The summed E-state index contributed by atoms with van der Waals surface area (Å²) < 4.78 is 1.66. The lowest BCUT2D eigenvalue weighted by Crippen LogP contribution is -2.24. The highest BCUT2D eigenvalue weighted by Gasteiger charge is 2.18. The number of hydrogen-bond acceptors (Lipinski definition) is 3. The molecule has 0 saturated heterocycles. The maximum Gasteiger partial charge on any atom is 0.337 e. The molecule has 0 bridgehead atoms. The smallest absolute Gasteiger partial charge is 0.337 e. The summed E-state index contributed by atoms with van der Waals surface area (Å²) in [5.74, 6) is -0.507. The SMILES string of the molecule is CCc1nc2cccc(C(=O)O)c2n1CC(=O)NC. The van der Waals surface area contributed by atoms with Crippen molar-refractivity contribution in [2.45, 2.75) is 19.9 Å². The quantitative estimate of drug-likeness (QED) is 0.861. The third-order valence-electron chi connectivity index (χ3n) is 2.97. The van der Waals surface area contributed by atoms with Gasteiger partial charge < -0.3 is 15.0 Å². The molecular weight excluding hydrogens is 246 g/mol. The first-order valence-corrected chi connectivity index (χ1v) is 6.00. The molecule has 0 aliphatic carbocycles. The average molecular weight is 261 g/mol. The molecule has 0 aliphatic heterocycles. The monoisotopic (exact) mass is 261 g/mol. The molecule has 2 rings (SSSR count). The van der Waals surface area contributed by atoms with Crippen LogP contribution in [0.15, 0.2) is 18.2 Å². The van der Waals surface area contributed by atoms with E-state index in [2.05, 4.69) is 10.3 Å². The minimum atomic E-state index is -1.02. The van der Waals surface area contributed by atoms with Gasteiger partial charge in [0.25, 0.3) is 0 Å². The van der Waals surface area contributed by atoms with Crippen LogP contribution >= 0.6 is 0 Å². The molecular formula is C13H15N3O3. The van der Waals surface area contributed by atoms with Gasteiger partial charge >= 0.3 is 5.97 Å². The summed E-state index contributed by atoms with van der Waals surface area (Å²) in [5.41, 5.74) is 1.25. The van der Waals surface area contributed by atoms with Crippen molar-refractivity contribution in [1.29, 1.82) is 0 Å². The number of amides is 1. The van der Waals surface area contributed by atoms with Crippen LogP contribution in [-0.2, 0) is 17.8 Å². The van der Waals surface area contributed by atoms with E-state index < -0.39 is 5.97 Å². The highest BCUT2D eigenvalue weighted by atomic mass is 16.4. The summed E-state index contributed by atoms with van der Waals surface area (Å²) in [4.78, 5) is 27.2. The Bertz CT molecular complexity index is 646. The standard InChI is InChI=1S/C13H15N3O3/c1-3-10-15-9-6-4-5-8(13(18)19)12(9)16(10)7-11(17)14-2/h4-6H,3,7H2,1-2H3,(H,14,17)(H,18,19). The lowest BCUT2D eigenvalue weighted by atomic mass is 10.2. The number of fused-ring (bicyclic) bond motifs is 1. The van der Waals surface area contributed by atoms with Gasteiger partial charge in [-0.15, -0.1) is 0 Å². The van der Waals surface area contributed by atoms with Crippen molar-refractivity contribution in [1.82, 2.24) is 14.9 Å². The number of aromatic nitrogens is 2. The molecule has 100 valence electrons. The van der Waals surface area contributed by atoms with Crippen LogP contribution in [0.4, 0.5) is 0 Å². The number of aryl methyl sites for hydroxylation is 1. The molecule has 2 aromatic rings. The number of rotatable bonds is 4. The lowest BCUT2D eigenvalue weighted by molar-refractivity contribution is -0.121. The Hall–Kier alpha value is -2.37. The number of nitrogens with zero attached hydrogens (tertiary/aromatic N) is 2. The second kappa shape index (κ2) is 5.09. The molecule has 0 atom stereocenters. The molecule has 0 unspecified atom stereocenters. The summed E-state index contributed by atoms with van der Waals surface area (Å²) in [6.45, 7) is 1.99. The summed E-state index contributed by atoms with van der Waals surface area (Å²) in [7, 11) is 1.55. The van der Waals surface area contributed by atoms with Crippen molar-refractivity contribution in [2.75, 3.05) is 7.05 Å². The van der Waals surface area contributed by atoms with E-state index in [1.807, 2.05) is 6.92 Å². The number of carbonyl (C=O) groups excluding carboxylic acids is 1. The zero-order valence-corrected chi connectivity index (χ0v) is 10.8. The molecule has 0 spiro atoms. The summed E-state index contributed by atoms with van der Waals surface area (Å²) in [6.07, 6.45) is 0.630. The van der Waals surface area contributed by atoms with E-state index in [-0.39, 0.29) is 18.0 Å². The predicted octanol–water partition coefficient (Wildman–Crippen LogP) is 1.04. The normalized spacial score (nSPS) is 10.6. The largest absolute Gasteiger partial charge is 0.478 e.